The highest BCUT2D eigenvalue weighted by Crippen LogP contribution is 2.25. The second-order valence-electron chi connectivity index (χ2n) is 4.89. The van der Waals surface area contributed by atoms with Crippen LogP contribution in [0, 0.1) is 0 Å². The van der Waals surface area contributed by atoms with Gasteiger partial charge in [-0.15, -0.1) is 0 Å². The summed E-state index contributed by atoms with van der Waals surface area (Å²) in [6.45, 7) is 4.07. The van der Waals surface area contributed by atoms with Crippen molar-refractivity contribution in [2.45, 2.75) is 25.8 Å². The van der Waals surface area contributed by atoms with Gasteiger partial charge in [0.15, 0.2) is 0 Å². The van der Waals surface area contributed by atoms with Gasteiger partial charge >= 0.3 is 0 Å². The van der Waals surface area contributed by atoms with E-state index < -0.39 is 0 Å². The zero-order valence-electron chi connectivity index (χ0n) is 10.0. The highest BCUT2D eigenvalue weighted by molar-refractivity contribution is 5.84. The van der Waals surface area contributed by atoms with Crippen molar-refractivity contribution in [2.75, 3.05) is 7.11 Å². The van der Waals surface area contributed by atoms with Crippen molar-refractivity contribution in [3.63, 3.8) is 0 Å². The average molecular weight is 218 g/mol. The number of benzene rings is 1. The lowest BCUT2D eigenvalue weighted by atomic mass is 9.96. The van der Waals surface area contributed by atoms with E-state index in [2.05, 4.69) is 11.1 Å². The summed E-state index contributed by atoms with van der Waals surface area (Å²) >= 11 is 0. The molecule has 86 valence electrons. The van der Waals surface area contributed by atoms with E-state index in [0.717, 1.165) is 17.7 Å². The van der Waals surface area contributed by atoms with E-state index in [4.69, 9.17) is 10.5 Å². The molecule has 1 aromatic carbocycles. The third-order valence-corrected chi connectivity index (χ3v) is 2.62. The van der Waals surface area contributed by atoms with Crippen molar-refractivity contribution in [1.29, 1.82) is 0 Å². The predicted octanol–water partition coefficient (Wildman–Crippen LogP) is 2.46. The van der Waals surface area contributed by atoms with Crippen molar-refractivity contribution in [3.05, 3.63) is 30.0 Å². The van der Waals surface area contributed by atoms with E-state index in [1.165, 1.54) is 10.9 Å². The summed E-state index contributed by atoms with van der Waals surface area (Å²) in [6, 6.07) is 6.05. The third kappa shape index (κ3) is 2.19. The molecule has 2 rings (SSSR count). The van der Waals surface area contributed by atoms with Gasteiger partial charge in [-0.1, -0.05) is 0 Å². The van der Waals surface area contributed by atoms with E-state index in [9.17, 15) is 0 Å². The monoisotopic (exact) mass is 218 g/mol. The molecular weight excluding hydrogens is 200 g/mol. The van der Waals surface area contributed by atoms with Gasteiger partial charge in [0, 0.05) is 28.7 Å². The second kappa shape index (κ2) is 3.83. The van der Waals surface area contributed by atoms with Crippen LogP contribution < -0.4 is 10.5 Å². The fourth-order valence-corrected chi connectivity index (χ4v) is 1.93. The lowest BCUT2D eigenvalue weighted by Crippen LogP contribution is -2.34. The van der Waals surface area contributed by atoms with E-state index in [1.54, 1.807) is 7.11 Å². The maximum absolute atomic E-state index is 6.04. The van der Waals surface area contributed by atoms with E-state index in [-0.39, 0.29) is 5.54 Å². The first-order chi connectivity index (χ1) is 7.49. The zero-order valence-corrected chi connectivity index (χ0v) is 10.0. The number of nitrogens with two attached hydrogens (primary N) is 1. The minimum absolute atomic E-state index is 0.185. The third-order valence-electron chi connectivity index (χ3n) is 2.62. The summed E-state index contributed by atoms with van der Waals surface area (Å²) in [7, 11) is 1.67. The van der Waals surface area contributed by atoms with Crippen LogP contribution in [0.1, 0.15) is 19.4 Å². The van der Waals surface area contributed by atoms with Gasteiger partial charge in [0.1, 0.15) is 5.75 Å². The number of fused-ring (bicyclic) bond motifs is 1. The Morgan fingerprint density at radius 1 is 1.38 bits per heavy atom. The van der Waals surface area contributed by atoms with E-state index >= 15 is 0 Å². The second-order valence-corrected chi connectivity index (χ2v) is 4.89. The van der Waals surface area contributed by atoms with Gasteiger partial charge in [0.05, 0.1) is 7.11 Å². The Morgan fingerprint density at radius 3 is 2.75 bits per heavy atom. The molecular formula is C13H18N2O. The number of hydrogen-bond donors (Lipinski definition) is 2. The molecule has 3 heteroatoms. The SMILES string of the molecule is COc1ccc2c(CC(C)(C)N)c[nH]c2c1. The van der Waals surface area contributed by atoms with Gasteiger partial charge in [0.2, 0.25) is 0 Å². The Labute approximate surface area is 95.6 Å². The van der Waals surface area contributed by atoms with E-state index in [1.807, 2.05) is 32.2 Å². The summed E-state index contributed by atoms with van der Waals surface area (Å²) in [5.41, 5.74) is 8.20. The molecule has 0 saturated heterocycles. The maximum Gasteiger partial charge on any atom is 0.120 e. The smallest absolute Gasteiger partial charge is 0.120 e. The van der Waals surface area contributed by atoms with Crippen LogP contribution in [-0.2, 0) is 6.42 Å². The summed E-state index contributed by atoms with van der Waals surface area (Å²) < 4.78 is 5.19. The molecule has 0 saturated carbocycles. The number of hydrogen-bond acceptors (Lipinski definition) is 2. The number of ether oxygens (including phenoxy) is 1. The minimum Gasteiger partial charge on any atom is -0.497 e. The fraction of sp³-hybridized carbons (Fsp3) is 0.385. The Kier molecular flexibility index (Phi) is 2.64. The highest BCUT2D eigenvalue weighted by Gasteiger charge is 2.14. The lowest BCUT2D eigenvalue weighted by molar-refractivity contribution is 0.415. The molecule has 2 aromatic rings. The van der Waals surface area contributed by atoms with Gasteiger partial charge in [-0.25, -0.2) is 0 Å². The van der Waals surface area contributed by atoms with Crippen LogP contribution in [0.25, 0.3) is 10.9 Å². The molecule has 0 amide bonds. The number of rotatable bonds is 3. The van der Waals surface area contributed by atoms with Crippen molar-refractivity contribution in [1.82, 2.24) is 4.98 Å². The Morgan fingerprint density at radius 2 is 2.12 bits per heavy atom. The number of aromatic amines is 1. The first-order valence-electron chi connectivity index (χ1n) is 5.42. The zero-order chi connectivity index (χ0) is 11.8. The van der Waals surface area contributed by atoms with Crippen molar-refractivity contribution >= 4 is 10.9 Å². The summed E-state index contributed by atoms with van der Waals surface area (Å²) in [4.78, 5) is 3.25. The molecule has 0 aliphatic carbocycles. The van der Waals surface area contributed by atoms with Crippen molar-refractivity contribution in [2.24, 2.45) is 5.73 Å². The quantitative estimate of drug-likeness (QED) is 0.831. The number of aromatic nitrogens is 1. The molecule has 0 fully saturated rings. The highest BCUT2D eigenvalue weighted by atomic mass is 16.5. The van der Waals surface area contributed by atoms with Gasteiger partial charge < -0.3 is 15.5 Å². The van der Waals surface area contributed by atoms with Gasteiger partial charge in [-0.05, 0) is 38.0 Å². The van der Waals surface area contributed by atoms with Gasteiger partial charge in [-0.2, -0.15) is 0 Å². The van der Waals surface area contributed by atoms with Crippen molar-refractivity contribution < 1.29 is 4.74 Å². The largest absolute Gasteiger partial charge is 0.497 e. The number of H-pyrrole nitrogens is 1. The van der Waals surface area contributed by atoms with Crippen LogP contribution in [0.2, 0.25) is 0 Å². The molecule has 1 heterocycles. The molecule has 0 radical (unpaired) electrons. The maximum atomic E-state index is 6.04. The lowest BCUT2D eigenvalue weighted by Gasteiger charge is -2.17. The summed E-state index contributed by atoms with van der Waals surface area (Å²) in [6.07, 6.45) is 2.89. The first kappa shape index (κ1) is 11.0. The fourth-order valence-electron chi connectivity index (χ4n) is 1.93. The molecule has 0 spiro atoms. The molecule has 1 aromatic heterocycles. The standard InChI is InChI=1S/C13H18N2O/c1-13(2,14)7-9-8-15-12-6-10(16-3)4-5-11(9)12/h4-6,8,15H,7,14H2,1-3H3. The first-order valence-corrected chi connectivity index (χ1v) is 5.42. The van der Waals surface area contributed by atoms with Crippen LogP contribution >= 0.6 is 0 Å². The minimum atomic E-state index is -0.185. The molecule has 0 aliphatic rings. The molecule has 3 N–H and O–H groups in total. The molecule has 0 bridgehead atoms. The van der Waals surface area contributed by atoms with Crippen LogP contribution in [0.15, 0.2) is 24.4 Å². The molecule has 0 aliphatic heterocycles. The molecule has 0 atom stereocenters. The average Bonchev–Trinajstić information content (AvgIpc) is 2.58. The molecule has 0 unspecified atom stereocenters. The number of nitrogens with one attached hydrogen (secondary N) is 1. The summed E-state index contributed by atoms with van der Waals surface area (Å²) in [5, 5.41) is 1.22. The number of methoxy groups -OCH3 is 1. The van der Waals surface area contributed by atoms with Crippen LogP contribution in [0.4, 0.5) is 0 Å². The van der Waals surface area contributed by atoms with Gasteiger partial charge in [-0.3, -0.25) is 0 Å². The normalized spacial score (nSPS) is 12.0. The Hall–Kier alpha value is -1.48. The Balaban J connectivity index is 2.42. The van der Waals surface area contributed by atoms with Gasteiger partial charge in [0.25, 0.3) is 0 Å². The topological polar surface area (TPSA) is 51.0 Å². The van der Waals surface area contributed by atoms with Crippen molar-refractivity contribution in [3.8, 4) is 5.75 Å². The molecule has 16 heavy (non-hydrogen) atoms. The van der Waals surface area contributed by atoms with Crippen LogP contribution in [0.3, 0.4) is 0 Å². The Bertz CT molecular complexity index is 494. The summed E-state index contributed by atoms with van der Waals surface area (Å²) in [5.74, 6) is 0.868. The molecule has 3 nitrogen and oxygen atoms in total. The van der Waals surface area contributed by atoms with Crippen LogP contribution in [-0.4, -0.2) is 17.6 Å². The predicted molar refractivity (Wildman–Crippen MR) is 66.8 cm³/mol. The van der Waals surface area contributed by atoms with E-state index in [0.29, 0.717) is 0 Å². The van der Waals surface area contributed by atoms with Crippen LogP contribution in [0.5, 0.6) is 5.75 Å².